The van der Waals surface area contributed by atoms with Gasteiger partial charge < -0.3 is 5.11 Å². The molecule has 1 aromatic rings. The number of aliphatic hydroxyl groups is 1. The van der Waals surface area contributed by atoms with Gasteiger partial charge in [-0.25, -0.2) is 0 Å². The van der Waals surface area contributed by atoms with Gasteiger partial charge in [0.15, 0.2) is 17.7 Å². The van der Waals surface area contributed by atoms with Gasteiger partial charge in [-0.15, -0.1) is 0 Å². The highest BCUT2D eigenvalue weighted by atomic mass is 32.2. The molecule has 5 heteroatoms. The van der Waals surface area contributed by atoms with Crippen LogP contribution in [-0.2, 0) is 0 Å². The Morgan fingerprint density at radius 3 is 2.62 bits per heavy atom. The number of hydrogen-bond acceptors (Lipinski definition) is 4. The Balaban J connectivity index is 2.55. The molecular weight excluding hydrogens is 190 g/mol. The molecular formula is C8H8NO3S+. The zero-order valence-electron chi connectivity index (χ0n) is 6.58. The number of quaternary nitrogens is 1. The van der Waals surface area contributed by atoms with E-state index in [2.05, 4.69) is 0 Å². The number of nitrogens with zero attached hydrogens (tertiary/aromatic N) is 1. The maximum atomic E-state index is 9.41. The lowest BCUT2D eigenvalue weighted by Gasteiger charge is -2.19. The van der Waals surface area contributed by atoms with Gasteiger partial charge >= 0.3 is 0 Å². The van der Waals surface area contributed by atoms with Crippen molar-refractivity contribution < 1.29 is 19.7 Å². The average molecular weight is 198 g/mol. The summed E-state index contributed by atoms with van der Waals surface area (Å²) in [6, 6.07) is 6.97. The van der Waals surface area contributed by atoms with Crippen molar-refractivity contribution in [3.63, 3.8) is 0 Å². The van der Waals surface area contributed by atoms with Crippen LogP contribution >= 0.6 is 11.9 Å². The quantitative estimate of drug-likeness (QED) is 0.441. The van der Waals surface area contributed by atoms with E-state index in [0.29, 0.717) is 10.5 Å². The number of hydroxylamine groups is 2. The fourth-order valence-electron chi connectivity index (χ4n) is 1.16. The number of hydrogen-bond donors (Lipinski definition) is 3. The minimum atomic E-state index is -1.37. The molecule has 4 nitrogen and oxygen atoms in total. The Bertz CT molecular complexity index is 375. The Morgan fingerprint density at radius 2 is 1.85 bits per heavy atom. The summed E-state index contributed by atoms with van der Waals surface area (Å²) in [6.07, 6.45) is 0.951. The molecule has 0 aliphatic carbocycles. The third-order valence-electron chi connectivity index (χ3n) is 1.69. The molecule has 0 saturated carbocycles. The van der Waals surface area contributed by atoms with Gasteiger partial charge in [0.05, 0.1) is 4.90 Å². The largest absolute Gasteiger partial charge is 0.503 e. The van der Waals surface area contributed by atoms with E-state index in [-0.39, 0.29) is 5.76 Å². The minimum absolute atomic E-state index is 0.126. The van der Waals surface area contributed by atoms with Gasteiger partial charge in [0.25, 0.3) is 0 Å². The van der Waals surface area contributed by atoms with Crippen LogP contribution < -0.4 is 0 Å². The smallest absolute Gasteiger partial charge is 0.219 e. The van der Waals surface area contributed by atoms with E-state index in [1.54, 1.807) is 24.3 Å². The summed E-state index contributed by atoms with van der Waals surface area (Å²) in [5, 5.41) is 27.8. The first-order valence-corrected chi connectivity index (χ1v) is 4.41. The minimum Gasteiger partial charge on any atom is -0.503 e. The number of aliphatic hydroxyl groups excluding tert-OH is 1. The zero-order valence-corrected chi connectivity index (χ0v) is 7.40. The Hall–Kier alpha value is -1.01. The van der Waals surface area contributed by atoms with Crippen LogP contribution in [0.1, 0.15) is 5.56 Å². The maximum Gasteiger partial charge on any atom is 0.219 e. The van der Waals surface area contributed by atoms with Crippen LogP contribution in [0.25, 0.3) is 5.76 Å². The molecule has 1 aromatic carbocycles. The van der Waals surface area contributed by atoms with E-state index in [1.165, 1.54) is 0 Å². The third-order valence-corrected chi connectivity index (χ3v) is 2.61. The third kappa shape index (κ3) is 1.54. The van der Waals surface area contributed by atoms with Crippen LogP contribution in [0.5, 0.6) is 0 Å². The summed E-state index contributed by atoms with van der Waals surface area (Å²) in [5.41, 5.74) is 0.615. The van der Waals surface area contributed by atoms with Crippen molar-refractivity contribution in [3.05, 3.63) is 36.0 Å². The standard InChI is InChI=1S/C8H7NO3S/c10-7-5-9(11,12)13-8-4-2-1-3-6(7)8/h1-5,11-12H/p+1. The second-order valence-corrected chi connectivity index (χ2v) is 3.85. The van der Waals surface area contributed by atoms with Crippen molar-refractivity contribution in [2.24, 2.45) is 0 Å². The molecule has 3 N–H and O–H groups in total. The fraction of sp³-hybridized carbons (Fsp3) is 0. The highest BCUT2D eigenvalue weighted by Crippen LogP contribution is 2.38. The van der Waals surface area contributed by atoms with Crippen molar-refractivity contribution in [2.75, 3.05) is 0 Å². The second-order valence-electron chi connectivity index (χ2n) is 2.69. The van der Waals surface area contributed by atoms with Crippen LogP contribution in [0.15, 0.2) is 35.4 Å². The van der Waals surface area contributed by atoms with E-state index in [9.17, 15) is 15.5 Å². The molecule has 68 valence electrons. The molecule has 1 aliphatic heterocycles. The van der Waals surface area contributed by atoms with Crippen molar-refractivity contribution in [3.8, 4) is 0 Å². The first kappa shape index (κ1) is 8.58. The SMILES string of the molecule is OC1=C[N+](O)(O)Sc2ccccc21. The first-order chi connectivity index (χ1) is 6.08. The van der Waals surface area contributed by atoms with Gasteiger partial charge in [-0.05, 0) is 12.1 Å². The second kappa shape index (κ2) is 2.74. The Morgan fingerprint density at radius 1 is 1.15 bits per heavy atom. The molecule has 1 aliphatic rings. The molecule has 0 atom stereocenters. The van der Waals surface area contributed by atoms with Crippen molar-refractivity contribution in [1.82, 2.24) is 0 Å². The molecule has 0 amide bonds. The average Bonchev–Trinajstić information content (AvgIpc) is 2.02. The summed E-state index contributed by atoms with van der Waals surface area (Å²) in [6.45, 7) is 0. The molecule has 0 spiro atoms. The number of fused-ring (bicyclic) bond motifs is 1. The Kier molecular flexibility index (Phi) is 1.81. The van der Waals surface area contributed by atoms with E-state index < -0.39 is 4.21 Å². The Labute approximate surface area is 79.0 Å². The van der Waals surface area contributed by atoms with Crippen LogP contribution in [0.3, 0.4) is 0 Å². The van der Waals surface area contributed by atoms with Crippen LogP contribution in [0, 0.1) is 0 Å². The molecule has 0 aromatic heterocycles. The van der Waals surface area contributed by atoms with E-state index in [1.807, 2.05) is 0 Å². The zero-order chi connectivity index (χ0) is 9.47. The molecule has 2 rings (SSSR count). The summed E-state index contributed by atoms with van der Waals surface area (Å²) in [7, 11) is 0. The van der Waals surface area contributed by atoms with Crippen LogP contribution in [0.2, 0.25) is 0 Å². The van der Waals surface area contributed by atoms with Gasteiger partial charge in [0.1, 0.15) is 0 Å². The maximum absolute atomic E-state index is 9.41. The van der Waals surface area contributed by atoms with Crippen LogP contribution in [0.4, 0.5) is 0 Å². The summed E-state index contributed by atoms with van der Waals surface area (Å²) >= 11 is 0.830. The summed E-state index contributed by atoms with van der Waals surface area (Å²) in [5.74, 6) is -0.126. The van der Waals surface area contributed by atoms with Crippen LogP contribution in [-0.4, -0.2) is 19.7 Å². The number of rotatable bonds is 0. The normalized spacial score (nSPS) is 19.1. The molecule has 0 bridgehead atoms. The lowest BCUT2D eigenvalue weighted by Crippen LogP contribution is -2.28. The molecule has 1 heterocycles. The van der Waals surface area contributed by atoms with Crippen molar-refractivity contribution >= 4 is 17.7 Å². The highest BCUT2D eigenvalue weighted by molar-refractivity contribution is 7.93. The molecule has 13 heavy (non-hydrogen) atoms. The van der Waals surface area contributed by atoms with E-state index in [0.717, 1.165) is 18.1 Å². The van der Waals surface area contributed by atoms with Gasteiger partial charge in [-0.3, -0.25) is 0 Å². The van der Waals surface area contributed by atoms with Crippen molar-refractivity contribution in [2.45, 2.75) is 4.90 Å². The van der Waals surface area contributed by atoms with Gasteiger partial charge in [-0.2, -0.15) is 10.4 Å². The van der Waals surface area contributed by atoms with E-state index >= 15 is 0 Å². The predicted molar refractivity (Wildman–Crippen MR) is 46.7 cm³/mol. The lowest BCUT2D eigenvalue weighted by molar-refractivity contribution is -1.11. The highest BCUT2D eigenvalue weighted by Gasteiger charge is 2.33. The van der Waals surface area contributed by atoms with Crippen molar-refractivity contribution in [1.29, 1.82) is 0 Å². The first-order valence-electron chi connectivity index (χ1n) is 3.63. The van der Waals surface area contributed by atoms with Gasteiger partial charge in [0, 0.05) is 9.78 Å². The molecule has 0 radical (unpaired) electrons. The molecule has 0 saturated heterocycles. The predicted octanol–water partition coefficient (Wildman–Crippen LogP) is 2.16. The number of benzene rings is 1. The lowest BCUT2D eigenvalue weighted by atomic mass is 10.2. The monoisotopic (exact) mass is 198 g/mol. The molecule has 0 fully saturated rings. The summed E-state index contributed by atoms with van der Waals surface area (Å²) in [4.78, 5) is 0.632. The van der Waals surface area contributed by atoms with Gasteiger partial charge in [0.2, 0.25) is 6.20 Å². The molecule has 0 unspecified atom stereocenters. The summed E-state index contributed by atoms with van der Waals surface area (Å²) < 4.78 is -1.37. The fourth-order valence-corrected chi connectivity index (χ4v) is 2.01. The van der Waals surface area contributed by atoms with E-state index in [4.69, 9.17) is 0 Å². The topological polar surface area (TPSA) is 60.7 Å². The van der Waals surface area contributed by atoms with Gasteiger partial charge in [-0.1, -0.05) is 12.1 Å².